The van der Waals surface area contributed by atoms with E-state index in [0.29, 0.717) is 6.54 Å². The third-order valence-electron chi connectivity index (χ3n) is 3.09. The first-order valence-corrected chi connectivity index (χ1v) is 6.88. The van der Waals surface area contributed by atoms with Crippen molar-refractivity contribution in [3.63, 3.8) is 0 Å². The van der Waals surface area contributed by atoms with Crippen LogP contribution in [0.1, 0.15) is 23.7 Å². The van der Waals surface area contributed by atoms with Crippen molar-refractivity contribution in [2.75, 3.05) is 13.1 Å². The largest absolute Gasteiger partial charge is 0.507 e. The second-order valence-corrected chi connectivity index (χ2v) is 4.75. The van der Waals surface area contributed by atoms with Gasteiger partial charge in [0.15, 0.2) is 0 Å². The van der Waals surface area contributed by atoms with Crippen LogP contribution in [-0.2, 0) is 4.79 Å². The number of benzene rings is 2. The van der Waals surface area contributed by atoms with Crippen molar-refractivity contribution in [2.24, 2.45) is 0 Å². The van der Waals surface area contributed by atoms with E-state index in [4.69, 9.17) is 0 Å². The molecule has 0 heterocycles. The van der Waals surface area contributed by atoms with Crippen LogP contribution in [0.25, 0.3) is 10.8 Å². The SMILES string of the molecule is CCCNC(=O)CNC(=O)c1cc2ccccc2cc1O. The number of aromatic hydroxyl groups is 1. The van der Waals surface area contributed by atoms with Gasteiger partial charge in [-0.2, -0.15) is 0 Å². The summed E-state index contributed by atoms with van der Waals surface area (Å²) in [5, 5.41) is 16.8. The Kier molecular flexibility index (Phi) is 4.77. The monoisotopic (exact) mass is 286 g/mol. The lowest BCUT2D eigenvalue weighted by Gasteiger charge is -2.08. The predicted octanol–water partition coefficient (Wildman–Crippen LogP) is 1.80. The molecule has 0 unspecified atom stereocenters. The maximum absolute atomic E-state index is 12.0. The maximum Gasteiger partial charge on any atom is 0.255 e. The van der Waals surface area contributed by atoms with E-state index in [2.05, 4.69) is 10.6 Å². The summed E-state index contributed by atoms with van der Waals surface area (Å²) in [5.74, 6) is -0.810. The number of nitrogens with one attached hydrogen (secondary N) is 2. The molecule has 2 amide bonds. The Hall–Kier alpha value is -2.56. The van der Waals surface area contributed by atoms with E-state index >= 15 is 0 Å². The van der Waals surface area contributed by atoms with Crippen molar-refractivity contribution in [3.8, 4) is 5.75 Å². The van der Waals surface area contributed by atoms with Crippen LogP contribution in [0.3, 0.4) is 0 Å². The molecule has 0 fully saturated rings. The Bertz CT molecular complexity index is 668. The van der Waals surface area contributed by atoms with E-state index in [-0.39, 0.29) is 23.8 Å². The van der Waals surface area contributed by atoms with E-state index in [0.717, 1.165) is 17.2 Å². The summed E-state index contributed by atoms with van der Waals surface area (Å²) in [5.41, 5.74) is 0.164. The third kappa shape index (κ3) is 3.72. The Morgan fingerprint density at radius 3 is 2.43 bits per heavy atom. The van der Waals surface area contributed by atoms with Gasteiger partial charge in [0.2, 0.25) is 5.91 Å². The number of fused-ring (bicyclic) bond motifs is 1. The Labute approximate surface area is 123 Å². The first-order chi connectivity index (χ1) is 10.1. The number of hydrogen-bond donors (Lipinski definition) is 3. The number of carbonyl (C=O) groups is 2. The van der Waals surface area contributed by atoms with Gasteiger partial charge in [0.1, 0.15) is 5.75 Å². The summed E-state index contributed by atoms with van der Waals surface area (Å²) in [6.07, 6.45) is 0.838. The van der Waals surface area contributed by atoms with Gasteiger partial charge in [0.25, 0.3) is 5.91 Å². The smallest absolute Gasteiger partial charge is 0.255 e. The lowest BCUT2D eigenvalue weighted by Crippen LogP contribution is -2.37. The molecule has 0 aliphatic rings. The van der Waals surface area contributed by atoms with Crippen LogP contribution in [0.15, 0.2) is 36.4 Å². The number of hydrogen-bond acceptors (Lipinski definition) is 3. The van der Waals surface area contributed by atoms with E-state index in [1.165, 1.54) is 0 Å². The quantitative estimate of drug-likeness (QED) is 0.784. The van der Waals surface area contributed by atoms with Crippen LogP contribution in [-0.4, -0.2) is 30.0 Å². The fourth-order valence-corrected chi connectivity index (χ4v) is 1.99. The fourth-order valence-electron chi connectivity index (χ4n) is 1.99. The van der Waals surface area contributed by atoms with Crippen LogP contribution in [0.4, 0.5) is 0 Å². The molecule has 0 aromatic heterocycles. The summed E-state index contributed by atoms with van der Waals surface area (Å²) in [4.78, 5) is 23.5. The lowest BCUT2D eigenvalue weighted by molar-refractivity contribution is -0.120. The zero-order chi connectivity index (χ0) is 15.2. The molecule has 2 rings (SSSR count). The molecule has 0 aliphatic heterocycles. The fraction of sp³-hybridized carbons (Fsp3) is 0.250. The van der Waals surface area contributed by atoms with Crippen molar-refractivity contribution in [1.29, 1.82) is 0 Å². The molecule has 0 radical (unpaired) electrons. The zero-order valence-corrected chi connectivity index (χ0v) is 11.8. The molecule has 2 aromatic rings. The number of amides is 2. The first kappa shape index (κ1) is 14.8. The van der Waals surface area contributed by atoms with Gasteiger partial charge < -0.3 is 15.7 Å². The number of phenols is 1. The van der Waals surface area contributed by atoms with Crippen molar-refractivity contribution in [1.82, 2.24) is 10.6 Å². The van der Waals surface area contributed by atoms with Gasteiger partial charge in [-0.15, -0.1) is 0 Å². The summed E-state index contributed by atoms with van der Waals surface area (Å²) in [6, 6.07) is 10.6. The molecule has 0 saturated heterocycles. The first-order valence-electron chi connectivity index (χ1n) is 6.88. The molecule has 21 heavy (non-hydrogen) atoms. The molecule has 0 spiro atoms. The molecule has 0 aliphatic carbocycles. The minimum Gasteiger partial charge on any atom is -0.507 e. The second kappa shape index (κ2) is 6.74. The number of carbonyl (C=O) groups excluding carboxylic acids is 2. The maximum atomic E-state index is 12.0. The van der Waals surface area contributed by atoms with E-state index in [9.17, 15) is 14.7 Å². The van der Waals surface area contributed by atoms with Crippen LogP contribution in [0.2, 0.25) is 0 Å². The minimum absolute atomic E-state index is 0.0971. The van der Waals surface area contributed by atoms with Crippen LogP contribution >= 0.6 is 0 Å². The molecule has 110 valence electrons. The molecule has 2 aromatic carbocycles. The van der Waals surface area contributed by atoms with E-state index < -0.39 is 5.91 Å². The van der Waals surface area contributed by atoms with Crippen molar-refractivity contribution >= 4 is 22.6 Å². The highest BCUT2D eigenvalue weighted by atomic mass is 16.3. The average Bonchev–Trinajstić information content (AvgIpc) is 2.49. The molecule has 3 N–H and O–H groups in total. The second-order valence-electron chi connectivity index (χ2n) is 4.75. The summed E-state index contributed by atoms with van der Waals surface area (Å²) < 4.78 is 0. The van der Waals surface area contributed by atoms with Crippen LogP contribution in [0.5, 0.6) is 5.75 Å². The van der Waals surface area contributed by atoms with Crippen molar-refractivity contribution in [3.05, 3.63) is 42.0 Å². The van der Waals surface area contributed by atoms with Gasteiger partial charge >= 0.3 is 0 Å². The molecule has 0 bridgehead atoms. The third-order valence-corrected chi connectivity index (χ3v) is 3.09. The molecule has 5 nitrogen and oxygen atoms in total. The molecular formula is C16H18N2O3. The van der Waals surface area contributed by atoms with Gasteiger partial charge in [-0.3, -0.25) is 9.59 Å². The van der Waals surface area contributed by atoms with Gasteiger partial charge in [-0.1, -0.05) is 31.2 Å². The van der Waals surface area contributed by atoms with Crippen molar-refractivity contribution < 1.29 is 14.7 Å². The summed E-state index contributed by atoms with van der Waals surface area (Å²) in [6.45, 7) is 2.42. The molecule has 5 heteroatoms. The van der Waals surface area contributed by atoms with Gasteiger partial charge in [-0.05, 0) is 29.3 Å². The van der Waals surface area contributed by atoms with Crippen molar-refractivity contribution in [2.45, 2.75) is 13.3 Å². The Morgan fingerprint density at radius 2 is 1.76 bits per heavy atom. The molecule has 0 saturated carbocycles. The number of phenolic OH excluding ortho intramolecular Hbond substituents is 1. The highest BCUT2D eigenvalue weighted by molar-refractivity contribution is 6.02. The normalized spacial score (nSPS) is 10.3. The van der Waals surface area contributed by atoms with Crippen LogP contribution in [0, 0.1) is 0 Å². The summed E-state index contributed by atoms with van der Waals surface area (Å²) >= 11 is 0. The highest BCUT2D eigenvalue weighted by Crippen LogP contribution is 2.24. The van der Waals surface area contributed by atoms with Gasteiger partial charge in [0.05, 0.1) is 12.1 Å². The Morgan fingerprint density at radius 1 is 1.10 bits per heavy atom. The van der Waals surface area contributed by atoms with E-state index in [1.54, 1.807) is 12.1 Å². The van der Waals surface area contributed by atoms with Gasteiger partial charge in [0, 0.05) is 6.54 Å². The predicted molar refractivity (Wildman–Crippen MR) is 81.2 cm³/mol. The molecule has 0 atom stereocenters. The van der Waals surface area contributed by atoms with Gasteiger partial charge in [-0.25, -0.2) is 0 Å². The zero-order valence-electron chi connectivity index (χ0n) is 11.8. The topological polar surface area (TPSA) is 78.4 Å². The molecular weight excluding hydrogens is 268 g/mol. The number of rotatable bonds is 5. The minimum atomic E-state index is -0.468. The standard InChI is InChI=1S/C16H18N2O3/c1-2-7-17-15(20)10-18-16(21)13-8-11-5-3-4-6-12(11)9-14(13)19/h3-6,8-9,19H,2,7,10H2,1H3,(H,17,20)(H,18,21). The van der Waals surface area contributed by atoms with E-state index in [1.807, 2.05) is 31.2 Å². The lowest BCUT2D eigenvalue weighted by atomic mass is 10.1. The Balaban J connectivity index is 2.08. The van der Waals surface area contributed by atoms with Crippen LogP contribution < -0.4 is 10.6 Å². The summed E-state index contributed by atoms with van der Waals surface area (Å²) in [7, 11) is 0. The average molecular weight is 286 g/mol. The highest BCUT2D eigenvalue weighted by Gasteiger charge is 2.13.